The van der Waals surface area contributed by atoms with Crippen molar-refractivity contribution in [3.8, 4) is 39.9 Å². The Morgan fingerprint density at radius 1 is 0.619 bits per heavy atom. The van der Waals surface area contributed by atoms with E-state index in [9.17, 15) is 0 Å². The van der Waals surface area contributed by atoms with E-state index in [0.29, 0.717) is 11.5 Å². The first-order chi connectivity index (χ1) is 20.4. The van der Waals surface area contributed by atoms with E-state index in [2.05, 4.69) is 80.6 Å². The van der Waals surface area contributed by atoms with Crippen LogP contribution < -0.4 is 23.7 Å². The molecule has 0 saturated heterocycles. The topological polar surface area (TPSA) is 46.2 Å². The average molecular weight is 557 g/mol. The molecule has 5 nitrogen and oxygen atoms in total. The summed E-state index contributed by atoms with van der Waals surface area (Å²) in [5, 5.41) is 2.05. The van der Waals surface area contributed by atoms with E-state index in [4.69, 9.17) is 23.7 Å². The third kappa shape index (κ3) is 3.77. The van der Waals surface area contributed by atoms with Crippen molar-refractivity contribution in [2.75, 3.05) is 21.3 Å². The average Bonchev–Trinajstić information content (AvgIpc) is 3.04. The summed E-state index contributed by atoms with van der Waals surface area (Å²) in [6, 6.07) is 30.9. The Morgan fingerprint density at radius 3 is 1.95 bits per heavy atom. The molecule has 42 heavy (non-hydrogen) atoms. The van der Waals surface area contributed by atoms with E-state index in [0.717, 1.165) is 61.4 Å². The van der Waals surface area contributed by atoms with Gasteiger partial charge >= 0.3 is 0 Å². The molecule has 7 rings (SSSR count). The minimum atomic E-state index is -0.851. The van der Waals surface area contributed by atoms with Crippen LogP contribution in [0.25, 0.3) is 28.0 Å². The Morgan fingerprint density at radius 2 is 1.26 bits per heavy atom. The maximum absolute atomic E-state index is 7.23. The number of hydrogen-bond donors (Lipinski definition) is 0. The third-order valence-corrected chi connectivity index (χ3v) is 8.43. The van der Waals surface area contributed by atoms with Crippen LogP contribution in [0.1, 0.15) is 36.1 Å². The quantitative estimate of drug-likeness (QED) is 0.217. The van der Waals surface area contributed by atoms with Crippen LogP contribution in [0.5, 0.6) is 28.7 Å². The minimum Gasteiger partial charge on any atom is -0.497 e. The first-order valence-electron chi connectivity index (χ1n) is 14.0. The molecule has 0 bridgehead atoms. The molecule has 210 valence electrons. The predicted octanol–water partition coefficient (Wildman–Crippen LogP) is 8.51. The van der Waals surface area contributed by atoms with Crippen LogP contribution in [-0.2, 0) is 11.2 Å². The van der Waals surface area contributed by atoms with Gasteiger partial charge in [-0.05, 0) is 61.2 Å². The molecule has 0 N–H and O–H groups in total. The molecular formula is C37H32O5. The van der Waals surface area contributed by atoms with Crippen LogP contribution in [0.15, 0.2) is 97.1 Å². The molecule has 0 amide bonds. The Bertz CT molecular complexity index is 1850. The molecule has 5 aromatic carbocycles. The van der Waals surface area contributed by atoms with Crippen molar-refractivity contribution < 1.29 is 23.7 Å². The van der Waals surface area contributed by atoms with Crippen molar-refractivity contribution in [3.05, 3.63) is 119 Å². The fraction of sp³-hybridized carbons (Fsp3) is 0.189. The van der Waals surface area contributed by atoms with E-state index in [1.165, 1.54) is 0 Å². The standard InChI is InChI=1S/C37H32O5/c1-36(2)30-22-32(40-5)31(39-4)21-29(30)33-26-13-9-10-14-27(26)34-28(35(33)41-36)19-20-37(42-34,23-11-7-6-8-12-23)24-15-17-25(38-3)18-16-24/h6-22H,1-5H3. The van der Waals surface area contributed by atoms with Gasteiger partial charge < -0.3 is 23.7 Å². The van der Waals surface area contributed by atoms with E-state index < -0.39 is 11.2 Å². The number of ether oxygens (including phenoxy) is 5. The number of rotatable bonds is 5. The van der Waals surface area contributed by atoms with Crippen molar-refractivity contribution in [1.82, 2.24) is 0 Å². The summed E-state index contributed by atoms with van der Waals surface area (Å²) in [6.07, 6.45) is 4.30. The van der Waals surface area contributed by atoms with Crippen LogP contribution in [0.4, 0.5) is 0 Å². The van der Waals surface area contributed by atoms with Crippen molar-refractivity contribution in [2.45, 2.75) is 25.0 Å². The summed E-state index contributed by atoms with van der Waals surface area (Å²) in [4.78, 5) is 0. The van der Waals surface area contributed by atoms with E-state index in [1.807, 2.05) is 36.4 Å². The zero-order chi connectivity index (χ0) is 29.1. The highest BCUT2D eigenvalue weighted by atomic mass is 16.5. The molecule has 2 heterocycles. The Labute approximate surface area is 245 Å². The largest absolute Gasteiger partial charge is 0.497 e. The van der Waals surface area contributed by atoms with Crippen molar-refractivity contribution in [1.29, 1.82) is 0 Å². The summed E-state index contributed by atoms with van der Waals surface area (Å²) in [5.41, 5.74) is 4.58. The lowest BCUT2D eigenvalue weighted by Crippen LogP contribution is -2.35. The van der Waals surface area contributed by atoms with Gasteiger partial charge in [0.1, 0.15) is 22.8 Å². The lowest BCUT2D eigenvalue weighted by molar-refractivity contribution is 0.103. The highest BCUT2D eigenvalue weighted by Crippen LogP contribution is 2.57. The van der Waals surface area contributed by atoms with Gasteiger partial charge in [-0.15, -0.1) is 0 Å². The first kappa shape index (κ1) is 26.0. The molecule has 0 fully saturated rings. The van der Waals surface area contributed by atoms with E-state index >= 15 is 0 Å². The maximum Gasteiger partial charge on any atom is 0.178 e. The van der Waals surface area contributed by atoms with Crippen LogP contribution in [-0.4, -0.2) is 21.3 Å². The van der Waals surface area contributed by atoms with Gasteiger partial charge in [-0.3, -0.25) is 0 Å². The van der Waals surface area contributed by atoms with Gasteiger partial charge in [-0.1, -0.05) is 66.7 Å². The van der Waals surface area contributed by atoms with Crippen LogP contribution in [0.3, 0.4) is 0 Å². The SMILES string of the molecule is COc1ccc(C2(c3ccccc3)C=Cc3c4c(c5ccccc5c3O2)-c2cc(OC)c(OC)cc2C(C)(C)O4)cc1. The monoisotopic (exact) mass is 556 g/mol. The van der Waals surface area contributed by atoms with Crippen LogP contribution in [0.2, 0.25) is 0 Å². The Hall–Kier alpha value is -4.90. The smallest absolute Gasteiger partial charge is 0.178 e. The molecule has 0 radical (unpaired) electrons. The fourth-order valence-electron chi connectivity index (χ4n) is 6.33. The van der Waals surface area contributed by atoms with Crippen molar-refractivity contribution in [2.24, 2.45) is 0 Å². The number of fused-ring (bicyclic) bond motifs is 8. The van der Waals surface area contributed by atoms with E-state index in [1.54, 1.807) is 21.3 Å². The molecule has 0 saturated carbocycles. The second-order valence-electron chi connectivity index (χ2n) is 11.1. The number of benzene rings is 5. The third-order valence-electron chi connectivity index (χ3n) is 8.43. The fourth-order valence-corrected chi connectivity index (χ4v) is 6.33. The molecule has 5 aromatic rings. The highest BCUT2D eigenvalue weighted by molar-refractivity contribution is 6.08. The summed E-state index contributed by atoms with van der Waals surface area (Å²) in [7, 11) is 5.00. The maximum atomic E-state index is 7.23. The number of hydrogen-bond acceptors (Lipinski definition) is 5. The van der Waals surface area contributed by atoms with Crippen LogP contribution in [0, 0.1) is 0 Å². The summed E-state index contributed by atoms with van der Waals surface area (Å²) in [6.45, 7) is 4.17. The molecule has 2 aliphatic heterocycles. The van der Waals surface area contributed by atoms with Gasteiger partial charge in [0.05, 0.1) is 26.9 Å². The molecule has 1 atom stereocenters. The second-order valence-corrected chi connectivity index (χ2v) is 11.1. The van der Waals surface area contributed by atoms with Gasteiger partial charge in [-0.25, -0.2) is 0 Å². The van der Waals surface area contributed by atoms with Gasteiger partial charge in [0.25, 0.3) is 0 Å². The molecule has 0 aromatic heterocycles. The Kier molecular flexibility index (Phi) is 5.94. The highest BCUT2D eigenvalue weighted by Gasteiger charge is 2.42. The molecule has 2 aliphatic rings. The van der Waals surface area contributed by atoms with Gasteiger partial charge in [0.15, 0.2) is 17.1 Å². The van der Waals surface area contributed by atoms with Crippen molar-refractivity contribution >= 4 is 16.8 Å². The van der Waals surface area contributed by atoms with Gasteiger partial charge in [0, 0.05) is 27.6 Å². The molecule has 5 heteroatoms. The molecule has 1 unspecified atom stereocenters. The van der Waals surface area contributed by atoms with Gasteiger partial charge in [0.2, 0.25) is 0 Å². The summed E-state index contributed by atoms with van der Waals surface area (Å²) >= 11 is 0. The van der Waals surface area contributed by atoms with Crippen molar-refractivity contribution in [3.63, 3.8) is 0 Å². The zero-order valence-corrected chi connectivity index (χ0v) is 24.4. The number of methoxy groups -OCH3 is 3. The second kappa shape index (κ2) is 9.59. The normalized spacial score (nSPS) is 17.7. The lowest BCUT2D eigenvalue weighted by Gasteiger charge is -2.41. The molecular weight excluding hydrogens is 524 g/mol. The first-order valence-corrected chi connectivity index (χ1v) is 14.0. The Balaban J connectivity index is 1.52. The lowest BCUT2D eigenvalue weighted by atomic mass is 9.80. The summed E-state index contributed by atoms with van der Waals surface area (Å²) in [5.74, 6) is 3.72. The predicted molar refractivity (Wildman–Crippen MR) is 166 cm³/mol. The molecule has 0 aliphatic carbocycles. The zero-order valence-electron chi connectivity index (χ0n) is 24.4. The summed E-state index contributed by atoms with van der Waals surface area (Å²) < 4.78 is 31.0. The van der Waals surface area contributed by atoms with E-state index in [-0.39, 0.29) is 0 Å². The molecule has 0 spiro atoms. The van der Waals surface area contributed by atoms with Crippen LogP contribution >= 0.6 is 0 Å². The van der Waals surface area contributed by atoms with Gasteiger partial charge in [-0.2, -0.15) is 0 Å². The minimum absolute atomic E-state index is 0.629.